The topological polar surface area (TPSA) is 136 Å². The number of piperidine rings is 2. The maximum Gasteiger partial charge on any atom is 0.270 e. The molecule has 3 amide bonds. The van der Waals surface area contributed by atoms with Crippen molar-refractivity contribution in [3.8, 4) is 0 Å². The third-order valence-corrected chi connectivity index (χ3v) is 7.41. The quantitative estimate of drug-likeness (QED) is 0.441. The zero-order valence-corrected chi connectivity index (χ0v) is 21.0. The second-order valence-corrected chi connectivity index (χ2v) is 9.87. The minimum atomic E-state index is -0.601. The number of amides is 3. The van der Waals surface area contributed by atoms with Crippen LogP contribution < -0.4 is 10.6 Å². The van der Waals surface area contributed by atoms with E-state index >= 15 is 0 Å². The summed E-state index contributed by atoms with van der Waals surface area (Å²) in [7, 11) is 0. The fourth-order valence-electron chi connectivity index (χ4n) is 5.47. The second kappa shape index (κ2) is 11.1. The molecular formula is C26H33N7O4. The third-order valence-electron chi connectivity index (χ3n) is 7.41. The van der Waals surface area contributed by atoms with Gasteiger partial charge in [-0.2, -0.15) is 0 Å². The molecule has 3 aromatic heterocycles. The molecule has 2 aliphatic rings. The van der Waals surface area contributed by atoms with Gasteiger partial charge in [-0.05, 0) is 37.8 Å². The number of fused-ring (bicyclic) bond motifs is 1. The van der Waals surface area contributed by atoms with Crippen molar-refractivity contribution in [3.63, 3.8) is 0 Å². The van der Waals surface area contributed by atoms with Gasteiger partial charge in [0.1, 0.15) is 17.3 Å². The van der Waals surface area contributed by atoms with Crippen molar-refractivity contribution in [1.29, 1.82) is 0 Å². The molecule has 0 saturated carbocycles. The van der Waals surface area contributed by atoms with Crippen LogP contribution in [-0.2, 0) is 16.0 Å². The Kier molecular flexibility index (Phi) is 7.50. The van der Waals surface area contributed by atoms with Gasteiger partial charge in [0.25, 0.3) is 5.91 Å². The second-order valence-electron chi connectivity index (χ2n) is 9.87. The summed E-state index contributed by atoms with van der Waals surface area (Å²) in [5.41, 5.74) is 1.87. The van der Waals surface area contributed by atoms with Gasteiger partial charge in [0.15, 0.2) is 0 Å². The summed E-state index contributed by atoms with van der Waals surface area (Å²) in [4.78, 5) is 53.3. The van der Waals surface area contributed by atoms with E-state index in [-0.39, 0.29) is 23.8 Å². The number of imidazole rings is 1. The van der Waals surface area contributed by atoms with Crippen molar-refractivity contribution in [2.45, 2.75) is 57.2 Å². The number of pyridine rings is 1. The van der Waals surface area contributed by atoms with E-state index in [1.165, 1.54) is 6.92 Å². The predicted molar refractivity (Wildman–Crippen MR) is 136 cm³/mol. The summed E-state index contributed by atoms with van der Waals surface area (Å²) in [6, 6.07) is 3.44. The first kappa shape index (κ1) is 24.9. The minimum absolute atomic E-state index is 0.0501. The van der Waals surface area contributed by atoms with E-state index in [0.717, 1.165) is 49.9 Å². The highest BCUT2D eigenvalue weighted by Gasteiger charge is 2.33. The summed E-state index contributed by atoms with van der Waals surface area (Å²) >= 11 is 0. The monoisotopic (exact) mass is 507 g/mol. The molecule has 196 valence electrons. The Bertz CT molecular complexity index is 1220. The van der Waals surface area contributed by atoms with Crippen molar-refractivity contribution >= 4 is 28.7 Å². The molecule has 2 fully saturated rings. The van der Waals surface area contributed by atoms with Crippen LogP contribution in [0.3, 0.4) is 0 Å². The molecule has 0 aliphatic carbocycles. The van der Waals surface area contributed by atoms with Crippen LogP contribution in [0.25, 0.3) is 11.0 Å². The van der Waals surface area contributed by atoms with Gasteiger partial charge in [-0.3, -0.25) is 19.4 Å². The molecule has 0 bridgehead atoms. The van der Waals surface area contributed by atoms with Crippen LogP contribution in [-0.4, -0.2) is 86.8 Å². The summed E-state index contributed by atoms with van der Waals surface area (Å²) in [6.07, 6.45) is 10.3. The van der Waals surface area contributed by atoms with Crippen LogP contribution >= 0.6 is 0 Å². The molecule has 2 saturated heterocycles. The lowest BCUT2D eigenvalue weighted by atomic mass is 9.97. The van der Waals surface area contributed by atoms with Crippen LogP contribution in [0.15, 0.2) is 41.5 Å². The van der Waals surface area contributed by atoms with E-state index in [1.807, 2.05) is 4.90 Å². The van der Waals surface area contributed by atoms with E-state index in [0.29, 0.717) is 36.8 Å². The van der Waals surface area contributed by atoms with Gasteiger partial charge >= 0.3 is 0 Å². The molecule has 0 spiro atoms. The number of hydrogen-bond donors (Lipinski definition) is 3. The van der Waals surface area contributed by atoms with Gasteiger partial charge < -0.3 is 29.8 Å². The fraction of sp³-hybridized carbons (Fsp3) is 0.500. The van der Waals surface area contributed by atoms with Crippen LogP contribution in [0, 0.1) is 0 Å². The van der Waals surface area contributed by atoms with E-state index in [2.05, 4.69) is 30.5 Å². The molecule has 0 unspecified atom stereocenters. The van der Waals surface area contributed by atoms with Gasteiger partial charge in [0.2, 0.25) is 11.8 Å². The normalized spacial score (nSPS) is 18.6. The molecule has 5 rings (SSSR count). The zero-order chi connectivity index (χ0) is 25.8. The molecule has 37 heavy (non-hydrogen) atoms. The van der Waals surface area contributed by atoms with Crippen molar-refractivity contribution in [1.82, 2.24) is 35.4 Å². The Balaban J connectivity index is 1.09. The van der Waals surface area contributed by atoms with Gasteiger partial charge in [-0.15, -0.1) is 0 Å². The van der Waals surface area contributed by atoms with Crippen LogP contribution in [0.5, 0.6) is 0 Å². The molecule has 3 aromatic rings. The van der Waals surface area contributed by atoms with Gasteiger partial charge in [0, 0.05) is 69.7 Å². The number of nitrogens with zero attached hydrogens (tertiary/aromatic N) is 4. The Morgan fingerprint density at radius 3 is 2.62 bits per heavy atom. The SMILES string of the molecule is CC(=O)N[C@H](Cc1cnc[nH]1)C(=O)N1CCC(N2CCC(NC(=O)c3nccc4occc34)CC2)CC1. The third kappa shape index (κ3) is 5.82. The number of rotatable bonds is 7. The minimum Gasteiger partial charge on any atom is -0.464 e. The molecule has 0 radical (unpaired) electrons. The van der Waals surface area contributed by atoms with E-state index in [9.17, 15) is 14.4 Å². The number of likely N-dealkylation sites (tertiary alicyclic amines) is 2. The lowest BCUT2D eigenvalue weighted by Crippen LogP contribution is -2.55. The van der Waals surface area contributed by atoms with E-state index in [1.54, 1.807) is 37.1 Å². The number of hydrogen-bond acceptors (Lipinski definition) is 7. The Morgan fingerprint density at radius 2 is 1.92 bits per heavy atom. The highest BCUT2D eigenvalue weighted by Crippen LogP contribution is 2.23. The van der Waals surface area contributed by atoms with E-state index < -0.39 is 6.04 Å². The number of aromatic nitrogens is 3. The molecule has 11 nitrogen and oxygen atoms in total. The van der Waals surface area contributed by atoms with Crippen LogP contribution in [0.2, 0.25) is 0 Å². The molecular weight excluding hydrogens is 474 g/mol. The molecule has 1 atom stereocenters. The molecule has 0 aromatic carbocycles. The summed E-state index contributed by atoms with van der Waals surface area (Å²) in [5, 5.41) is 6.67. The summed E-state index contributed by atoms with van der Waals surface area (Å²) in [5.74, 6) is -0.438. The van der Waals surface area contributed by atoms with Crippen molar-refractivity contribution in [3.05, 3.63) is 48.5 Å². The number of H-pyrrole nitrogens is 1. The number of carbonyl (C=O) groups excluding carboxylic acids is 3. The first-order chi connectivity index (χ1) is 18.0. The van der Waals surface area contributed by atoms with Crippen molar-refractivity contribution < 1.29 is 18.8 Å². The van der Waals surface area contributed by atoms with E-state index in [4.69, 9.17) is 4.42 Å². The largest absolute Gasteiger partial charge is 0.464 e. The highest BCUT2D eigenvalue weighted by molar-refractivity contribution is 6.04. The first-order valence-corrected chi connectivity index (χ1v) is 12.9. The molecule has 3 N–H and O–H groups in total. The standard InChI is InChI=1S/C26H33N7O4/c1-17(34)30-22(14-19-15-27-16-29-19)26(36)33-11-5-20(6-12-33)32-9-3-18(4-10-32)31-25(35)24-21-7-13-37-23(21)2-8-28-24/h2,7-8,13,15-16,18,20,22H,3-6,9-12,14H2,1H3,(H,27,29)(H,30,34)(H,31,35)/t22-/m1/s1. The predicted octanol–water partition coefficient (Wildman–Crippen LogP) is 1.48. The zero-order valence-electron chi connectivity index (χ0n) is 21.0. The Hall–Kier alpha value is -3.73. The maximum absolute atomic E-state index is 13.2. The first-order valence-electron chi connectivity index (χ1n) is 12.9. The summed E-state index contributed by atoms with van der Waals surface area (Å²) < 4.78 is 5.38. The van der Waals surface area contributed by atoms with Crippen molar-refractivity contribution in [2.24, 2.45) is 0 Å². The lowest BCUT2D eigenvalue weighted by molar-refractivity contribution is -0.137. The highest BCUT2D eigenvalue weighted by atomic mass is 16.3. The molecule has 11 heteroatoms. The average Bonchev–Trinajstić information content (AvgIpc) is 3.60. The summed E-state index contributed by atoms with van der Waals surface area (Å²) in [6.45, 7) is 4.57. The van der Waals surface area contributed by atoms with Gasteiger partial charge in [-0.1, -0.05) is 0 Å². The molecule has 5 heterocycles. The number of nitrogens with one attached hydrogen (secondary N) is 3. The van der Waals surface area contributed by atoms with Crippen LogP contribution in [0.1, 0.15) is 48.8 Å². The van der Waals surface area contributed by atoms with Gasteiger partial charge in [-0.25, -0.2) is 4.98 Å². The maximum atomic E-state index is 13.2. The lowest BCUT2D eigenvalue weighted by Gasteiger charge is -2.42. The van der Waals surface area contributed by atoms with Gasteiger partial charge in [0.05, 0.1) is 18.0 Å². The molecule has 2 aliphatic heterocycles. The number of furan rings is 1. The van der Waals surface area contributed by atoms with Crippen LogP contribution in [0.4, 0.5) is 0 Å². The number of carbonyl (C=O) groups is 3. The smallest absolute Gasteiger partial charge is 0.270 e. The Morgan fingerprint density at radius 1 is 1.14 bits per heavy atom. The average molecular weight is 508 g/mol. The fourth-order valence-corrected chi connectivity index (χ4v) is 5.47. The van der Waals surface area contributed by atoms with Crippen molar-refractivity contribution in [2.75, 3.05) is 26.2 Å². The Labute approximate surface area is 215 Å². The number of aromatic amines is 1.